The molecule has 6 nitrogen and oxygen atoms in total. The van der Waals surface area contributed by atoms with Crippen LogP contribution in [0.2, 0.25) is 5.02 Å². The summed E-state index contributed by atoms with van der Waals surface area (Å²) in [4.78, 5) is 14.3. The van der Waals surface area contributed by atoms with Crippen molar-refractivity contribution in [2.24, 2.45) is 0 Å². The summed E-state index contributed by atoms with van der Waals surface area (Å²) < 4.78 is 0. The van der Waals surface area contributed by atoms with Crippen LogP contribution >= 0.6 is 11.6 Å². The highest BCUT2D eigenvalue weighted by Crippen LogP contribution is 2.22. The summed E-state index contributed by atoms with van der Waals surface area (Å²) in [6, 6.07) is 7.83. The number of rotatable bonds is 5. The number of aromatic nitrogens is 3. The molecule has 7 heteroatoms. The van der Waals surface area contributed by atoms with Crippen LogP contribution in [0.25, 0.3) is 0 Å². The molecule has 112 valence electrons. The average molecular weight is 307 g/mol. The maximum absolute atomic E-state index is 6.18. The normalized spacial score (nSPS) is 12.2. The molecular weight excluding hydrogens is 288 g/mol. The van der Waals surface area contributed by atoms with Gasteiger partial charge in [0.25, 0.3) is 0 Å². The van der Waals surface area contributed by atoms with Gasteiger partial charge >= 0.3 is 0 Å². The predicted molar refractivity (Wildman–Crippen MR) is 85.3 cm³/mol. The van der Waals surface area contributed by atoms with Gasteiger partial charge in [-0.25, -0.2) is 0 Å². The number of nitrogen functional groups attached to an aromatic ring is 1. The Morgan fingerprint density at radius 1 is 1.24 bits per heavy atom. The molecule has 1 aromatic carbocycles. The predicted octanol–water partition coefficient (Wildman–Crippen LogP) is 2.02. The van der Waals surface area contributed by atoms with Crippen molar-refractivity contribution in [3.63, 3.8) is 0 Å². The highest BCUT2D eigenvalue weighted by Gasteiger charge is 2.11. The number of anilines is 2. The van der Waals surface area contributed by atoms with E-state index >= 15 is 0 Å². The van der Waals surface area contributed by atoms with Crippen LogP contribution in [0.15, 0.2) is 24.3 Å². The number of nitrogens with zero attached hydrogens (tertiary/aromatic N) is 4. The minimum absolute atomic E-state index is 0.0829. The number of nitrogens with one attached hydrogen (secondary N) is 1. The lowest BCUT2D eigenvalue weighted by Gasteiger charge is -2.16. The molecule has 0 saturated carbocycles. The standard InChI is InChI=1S/C14H19ClN6/c1-9(10-6-4-5-7-11(10)15)17-8-12-18-13(16)20-14(19-12)21(2)3/h4-7,9,17H,8H2,1-3H3,(H2,16,18,19,20). The van der Waals surface area contributed by atoms with Crippen LogP contribution in [0, 0.1) is 0 Å². The molecule has 21 heavy (non-hydrogen) atoms. The molecule has 2 aromatic rings. The molecule has 0 amide bonds. The van der Waals surface area contributed by atoms with Gasteiger partial charge in [0.1, 0.15) is 5.82 Å². The highest BCUT2D eigenvalue weighted by atomic mass is 35.5. The molecule has 1 aromatic heterocycles. The number of benzene rings is 1. The Bertz CT molecular complexity index is 616. The second-order valence-electron chi connectivity index (χ2n) is 4.93. The fourth-order valence-corrected chi connectivity index (χ4v) is 2.18. The summed E-state index contributed by atoms with van der Waals surface area (Å²) in [5, 5.41) is 4.08. The van der Waals surface area contributed by atoms with Crippen molar-refractivity contribution < 1.29 is 0 Å². The molecule has 0 fully saturated rings. The van der Waals surface area contributed by atoms with Gasteiger partial charge in [0.15, 0.2) is 0 Å². The molecule has 0 saturated heterocycles. The van der Waals surface area contributed by atoms with E-state index in [9.17, 15) is 0 Å². The summed E-state index contributed by atoms with van der Waals surface area (Å²) in [5.41, 5.74) is 6.74. The molecule has 2 rings (SSSR count). The molecule has 3 N–H and O–H groups in total. The lowest BCUT2D eigenvalue weighted by Crippen LogP contribution is -2.22. The van der Waals surface area contributed by atoms with Crippen LogP contribution in [0.3, 0.4) is 0 Å². The van der Waals surface area contributed by atoms with E-state index in [0.717, 1.165) is 10.6 Å². The Morgan fingerprint density at radius 3 is 2.62 bits per heavy atom. The zero-order valence-corrected chi connectivity index (χ0v) is 13.1. The highest BCUT2D eigenvalue weighted by molar-refractivity contribution is 6.31. The van der Waals surface area contributed by atoms with Crippen LogP contribution < -0.4 is 16.0 Å². The number of halogens is 1. The number of nitrogens with two attached hydrogens (primary N) is 1. The lowest BCUT2D eigenvalue weighted by molar-refractivity contribution is 0.558. The summed E-state index contributed by atoms with van der Waals surface area (Å²) in [5.74, 6) is 1.37. The minimum Gasteiger partial charge on any atom is -0.368 e. The first-order valence-corrected chi connectivity index (χ1v) is 7.00. The minimum atomic E-state index is 0.0829. The van der Waals surface area contributed by atoms with Crippen molar-refractivity contribution in [3.05, 3.63) is 40.7 Å². The first kappa shape index (κ1) is 15.5. The van der Waals surface area contributed by atoms with Crippen molar-refractivity contribution in [2.75, 3.05) is 24.7 Å². The summed E-state index contributed by atoms with van der Waals surface area (Å²) in [6.45, 7) is 2.53. The molecule has 0 aliphatic carbocycles. The molecular formula is C14H19ClN6. The van der Waals surface area contributed by atoms with Crippen molar-refractivity contribution in [3.8, 4) is 0 Å². The summed E-state index contributed by atoms with van der Waals surface area (Å²) in [7, 11) is 3.72. The Labute approximate surface area is 129 Å². The second-order valence-corrected chi connectivity index (χ2v) is 5.34. The quantitative estimate of drug-likeness (QED) is 0.880. The van der Waals surface area contributed by atoms with Crippen LogP contribution in [0.5, 0.6) is 0 Å². The largest absolute Gasteiger partial charge is 0.368 e. The van der Waals surface area contributed by atoms with Gasteiger partial charge in [-0.15, -0.1) is 0 Å². The smallest absolute Gasteiger partial charge is 0.229 e. The SMILES string of the molecule is CC(NCc1nc(N)nc(N(C)C)n1)c1ccccc1Cl. The van der Waals surface area contributed by atoms with E-state index in [-0.39, 0.29) is 12.0 Å². The molecule has 0 bridgehead atoms. The fraction of sp³-hybridized carbons (Fsp3) is 0.357. The van der Waals surface area contributed by atoms with Crippen molar-refractivity contribution in [1.29, 1.82) is 0 Å². The van der Waals surface area contributed by atoms with Gasteiger partial charge in [-0.2, -0.15) is 15.0 Å². The zero-order chi connectivity index (χ0) is 15.4. The van der Waals surface area contributed by atoms with Gasteiger partial charge in [-0.05, 0) is 18.6 Å². The van der Waals surface area contributed by atoms with Gasteiger partial charge in [0, 0.05) is 25.2 Å². The second kappa shape index (κ2) is 6.69. The molecule has 0 spiro atoms. The monoisotopic (exact) mass is 306 g/mol. The molecule has 1 atom stereocenters. The molecule has 1 heterocycles. The van der Waals surface area contributed by atoms with E-state index in [1.807, 2.05) is 45.3 Å². The number of hydrogen-bond donors (Lipinski definition) is 2. The van der Waals surface area contributed by atoms with Crippen molar-refractivity contribution in [1.82, 2.24) is 20.3 Å². The van der Waals surface area contributed by atoms with Crippen molar-refractivity contribution in [2.45, 2.75) is 19.5 Å². The fourth-order valence-electron chi connectivity index (χ4n) is 1.88. The average Bonchev–Trinajstić information content (AvgIpc) is 2.44. The van der Waals surface area contributed by atoms with Crippen LogP contribution in [-0.2, 0) is 6.54 Å². The van der Waals surface area contributed by atoms with Gasteiger partial charge in [0.05, 0.1) is 6.54 Å². The zero-order valence-electron chi connectivity index (χ0n) is 12.3. The van der Waals surface area contributed by atoms with E-state index in [1.54, 1.807) is 4.90 Å². The third-order valence-corrected chi connectivity index (χ3v) is 3.37. The van der Waals surface area contributed by atoms with Crippen LogP contribution in [-0.4, -0.2) is 29.0 Å². The maximum atomic E-state index is 6.18. The molecule has 1 unspecified atom stereocenters. The van der Waals surface area contributed by atoms with Gasteiger partial charge < -0.3 is 16.0 Å². The Hall–Kier alpha value is -1.92. The summed E-state index contributed by atoms with van der Waals surface area (Å²) >= 11 is 6.18. The Kier molecular flexibility index (Phi) is 4.93. The van der Waals surface area contributed by atoms with Gasteiger partial charge in [-0.1, -0.05) is 29.8 Å². The third-order valence-electron chi connectivity index (χ3n) is 3.03. The topological polar surface area (TPSA) is 80.0 Å². The third kappa shape index (κ3) is 4.03. The first-order valence-electron chi connectivity index (χ1n) is 6.63. The molecule has 0 aliphatic rings. The molecule has 0 radical (unpaired) electrons. The Morgan fingerprint density at radius 2 is 1.95 bits per heavy atom. The lowest BCUT2D eigenvalue weighted by atomic mass is 10.1. The van der Waals surface area contributed by atoms with E-state index in [0.29, 0.717) is 18.3 Å². The summed E-state index contributed by atoms with van der Waals surface area (Å²) in [6.07, 6.45) is 0. The first-order chi connectivity index (χ1) is 9.97. The molecule has 0 aliphatic heterocycles. The van der Waals surface area contributed by atoms with Crippen molar-refractivity contribution >= 4 is 23.5 Å². The maximum Gasteiger partial charge on any atom is 0.229 e. The van der Waals surface area contributed by atoms with E-state index in [4.69, 9.17) is 17.3 Å². The van der Waals surface area contributed by atoms with Gasteiger partial charge in [-0.3, -0.25) is 0 Å². The number of hydrogen-bond acceptors (Lipinski definition) is 6. The van der Waals surface area contributed by atoms with E-state index < -0.39 is 0 Å². The Balaban J connectivity index is 2.08. The van der Waals surface area contributed by atoms with Gasteiger partial charge in [0.2, 0.25) is 11.9 Å². The van der Waals surface area contributed by atoms with E-state index in [1.165, 1.54) is 0 Å². The van der Waals surface area contributed by atoms with E-state index in [2.05, 4.69) is 20.3 Å². The van der Waals surface area contributed by atoms with Crippen LogP contribution in [0.1, 0.15) is 24.4 Å². The van der Waals surface area contributed by atoms with Crippen LogP contribution in [0.4, 0.5) is 11.9 Å².